The van der Waals surface area contributed by atoms with E-state index in [4.69, 9.17) is 4.74 Å². The number of halogens is 2. The molecule has 1 heterocycles. The molecule has 88 valence electrons. The number of benzene rings is 1. The maximum absolute atomic E-state index is 12.9. The molecule has 1 aromatic rings. The van der Waals surface area contributed by atoms with Gasteiger partial charge < -0.3 is 9.64 Å². The summed E-state index contributed by atoms with van der Waals surface area (Å²) in [7, 11) is 2.03. The summed E-state index contributed by atoms with van der Waals surface area (Å²) in [5.41, 5.74) is 0. The molecule has 1 aromatic carbocycles. The first-order chi connectivity index (χ1) is 7.65. The second kappa shape index (κ2) is 4.78. The maximum atomic E-state index is 12.9. The van der Waals surface area contributed by atoms with Crippen LogP contribution in [0.25, 0.3) is 0 Å². The average molecular weight is 227 g/mol. The quantitative estimate of drug-likeness (QED) is 0.786. The minimum atomic E-state index is -0.602. The van der Waals surface area contributed by atoms with Crippen LogP contribution in [0.15, 0.2) is 18.2 Å². The second-order valence-corrected chi connectivity index (χ2v) is 4.19. The number of likely N-dealkylation sites (N-methyl/N-ethyl adjacent to an activating group) is 1. The summed E-state index contributed by atoms with van der Waals surface area (Å²) < 4.78 is 31.1. The molecule has 0 spiro atoms. The molecule has 2 rings (SSSR count). The number of nitrogens with zero attached hydrogens (tertiary/aromatic N) is 1. The Bertz CT molecular complexity index is 350. The van der Waals surface area contributed by atoms with Crippen molar-refractivity contribution in [3.05, 3.63) is 29.8 Å². The highest BCUT2D eigenvalue weighted by Gasteiger charge is 2.21. The van der Waals surface area contributed by atoms with Gasteiger partial charge in [0.15, 0.2) is 0 Å². The smallest absolute Gasteiger partial charge is 0.129 e. The van der Waals surface area contributed by atoms with E-state index >= 15 is 0 Å². The van der Waals surface area contributed by atoms with Crippen LogP contribution in [0, 0.1) is 11.6 Å². The van der Waals surface area contributed by atoms with E-state index < -0.39 is 11.6 Å². The average Bonchev–Trinajstić information content (AvgIpc) is 2.59. The first kappa shape index (κ1) is 11.3. The summed E-state index contributed by atoms with van der Waals surface area (Å²) in [4.78, 5) is 2.20. The monoisotopic (exact) mass is 227 g/mol. The molecule has 0 radical (unpaired) electrons. The summed E-state index contributed by atoms with van der Waals surface area (Å²) in [5.74, 6) is -0.942. The van der Waals surface area contributed by atoms with Gasteiger partial charge in [-0.3, -0.25) is 0 Å². The van der Waals surface area contributed by atoms with E-state index in [-0.39, 0.29) is 5.75 Å². The largest absolute Gasteiger partial charge is 0.492 e. The van der Waals surface area contributed by atoms with Crippen molar-refractivity contribution in [3.63, 3.8) is 0 Å². The third kappa shape index (κ3) is 2.70. The van der Waals surface area contributed by atoms with E-state index in [0.717, 1.165) is 25.5 Å². The van der Waals surface area contributed by atoms with Crippen LogP contribution in [-0.2, 0) is 0 Å². The maximum Gasteiger partial charge on any atom is 0.129 e. The number of rotatable bonds is 3. The standard InChI is InChI=1S/C12H15F2NO/c1-15-4-2-3-11(15)8-16-12-6-9(13)5-10(14)7-12/h5-7,11H,2-4,8H2,1H3/t11-/m0/s1. The topological polar surface area (TPSA) is 12.5 Å². The Labute approximate surface area is 93.8 Å². The van der Waals surface area contributed by atoms with Gasteiger partial charge in [0.05, 0.1) is 0 Å². The Morgan fingerprint density at radius 2 is 2.00 bits per heavy atom. The van der Waals surface area contributed by atoms with Gasteiger partial charge in [-0.25, -0.2) is 8.78 Å². The molecular weight excluding hydrogens is 212 g/mol. The van der Waals surface area contributed by atoms with E-state index in [1.807, 2.05) is 7.05 Å². The van der Waals surface area contributed by atoms with Gasteiger partial charge >= 0.3 is 0 Å². The van der Waals surface area contributed by atoms with Crippen LogP contribution < -0.4 is 4.74 Å². The third-order valence-electron chi connectivity index (χ3n) is 2.95. The van der Waals surface area contributed by atoms with Gasteiger partial charge in [0.25, 0.3) is 0 Å². The van der Waals surface area contributed by atoms with Gasteiger partial charge in [-0.2, -0.15) is 0 Å². The Hall–Kier alpha value is -1.16. The highest BCUT2D eigenvalue weighted by atomic mass is 19.1. The van der Waals surface area contributed by atoms with Crippen molar-refractivity contribution in [1.82, 2.24) is 4.90 Å². The Morgan fingerprint density at radius 1 is 1.31 bits per heavy atom. The molecule has 16 heavy (non-hydrogen) atoms. The predicted octanol–water partition coefficient (Wildman–Crippen LogP) is 2.44. The zero-order chi connectivity index (χ0) is 11.5. The molecule has 0 saturated carbocycles. The number of hydrogen-bond donors (Lipinski definition) is 0. The molecule has 0 unspecified atom stereocenters. The van der Waals surface area contributed by atoms with Crippen LogP contribution in [0.4, 0.5) is 8.78 Å². The van der Waals surface area contributed by atoms with Gasteiger partial charge in [-0.1, -0.05) is 0 Å². The van der Waals surface area contributed by atoms with Crippen molar-refractivity contribution in [2.75, 3.05) is 20.2 Å². The zero-order valence-electron chi connectivity index (χ0n) is 9.25. The normalized spacial score (nSPS) is 21.3. The van der Waals surface area contributed by atoms with Gasteiger partial charge in [-0.05, 0) is 26.4 Å². The van der Waals surface area contributed by atoms with Crippen LogP contribution in [0.5, 0.6) is 5.75 Å². The van der Waals surface area contributed by atoms with Gasteiger partial charge in [-0.15, -0.1) is 0 Å². The lowest BCUT2D eigenvalue weighted by Gasteiger charge is -2.19. The van der Waals surface area contributed by atoms with E-state index in [9.17, 15) is 8.78 Å². The third-order valence-corrected chi connectivity index (χ3v) is 2.95. The van der Waals surface area contributed by atoms with Crippen LogP contribution in [0.2, 0.25) is 0 Å². The van der Waals surface area contributed by atoms with E-state index in [0.29, 0.717) is 12.6 Å². The van der Waals surface area contributed by atoms with Gasteiger partial charge in [0.1, 0.15) is 24.0 Å². The van der Waals surface area contributed by atoms with Gasteiger partial charge in [0.2, 0.25) is 0 Å². The summed E-state index contributed by atoms with van der Waals surface area (Å²) in [6.45, 7) is 1.55. The number of ether oxygens (including phenoxy) is 1. The molecule has 0 N–H and O–H groups in total. The highest BCUT2D eigenvalue weighted by Crippen LogP contribution is 2.19. The molecule has 1 saturated heterocycles. The highest BCUT2D eigenvalue weighted by molar-refractivity contribution is 5.23. The van der Waals surface area contributed by atoms with Gasteiger partial charge in [0, 0.05) is 24.2 Å². The van der Waals surface area contributed by atoms with Crippen LogP contribution in [0.1, 0.15) is 12.8 Å². The van der Waals surface area contributed by atoms with Crippen molar-refractivity contribution in [3.8, 4) is 5.75 Å². The van der Waals surface area contributed by atoms with Crippen molar-refractivity contribution in [1.29, 1.82) is 0 Å². The molecule has 1 atom stereocenters. The SMILES string of the molecule is CN1CCC[C@H]1COc1cc(F)cc(F)c1. The molecule has 0 aromatic heterocycles. The molecule has 2 nitrogen and oxygen atoms in total. The minimum absolute atomic E-state index is 0.262. The Kier molecular flexibility index (Phi) is 3.39. The van der Waals surface area contributed by atoms with Crippen molar-refractivity contribution < 1.29 is 13.5 Å². The number of likely N-dealkylation sites (tertiary alicyclic amines) is 1. The minimum Gasteiger partial charge on any atom is -0.492 e. The molecule has 0 aliphatic carbocycles. The lowest BCUT2D eigenvalue weighted by molar-refractivity contribution is 0.197. The van der Waals surface area contributed by atoms with Crippen molar-refractivity contribution in [2.45, 2.75) is 18.9 Å². The molecule has 1 fully saturated rings. The summed E-state index contributed by atoms with van der Waals surface area (Å²) >= 11 is 0. The second-order valence-electron chi connectivity index (χ2n) is 4.19. The lowest BCUT2D eigenvalue weighted by atomic mass is 10.2. The van der Waals surface area contributed by atoms with Crippen molar-refractivity contribution >= 4 is 0 Å². The predicted molar refractivity (Wildman–Crippen MR) is 57.5 cm³/mol. The fourth-order valence-electron chi connectivity index (χ4n) is 1.99. The zero-order valence-corrected chi connectivity index (χ0v) is 9.25. The van der Waals surface area contributed by atoms with E-state index in [2.05, 4.69) is 4.90 Å². The van der Waals surface area contributed by atoms with E-state index in [1.165, 1.54) is 12.1 Å². The first-order valence-corrected chi connectivity index (χ1v) is 5.44. The first-order valence-electron chi connectivity index (χ1n) is 5.44. The molecule has 1 aliphatic heterocycles. The fraction of sp³-hybridized carbons (Fsp3) is 0.500. The van der Waals surface area contributed by atoms with E-state index in [1.54, 1.807) is 0 Å². The molecule has 0 bridgehead atoms. The Balaban J connectivity index is 1.94. The van der Waals surface area contributed by atoms with Crippen LogP contribution in [0.3, 0.4) is 0 Å². The summed E-state index contributed by atoms with van der Waals surface area (Å²) in [6.07, 6.45) is 2.23. The molecule has 0 amide bonds. The fourth-order valence-corrected chi connectivity index (χ4v) is 1.99. The number of hydrogen-bond acceptors (Lipinski definition) is 2. The summed E-state index contributed by atoms with van der Waals surface area (Å²) in [5, 5.41) is 0. The van der Waals surface area contributed by atoms with Crippen LogP contribution in [-0.4, -0.2) is 31.1 Å². The Morgan fingerprint density at radius 3 is 2.56 bits per heavy atom. The molecule has 4 heteroatoms. The molecule has 1 aliphatic rings. The summed E-state index contributed by atoms with van der Waals surface area (Å²) in [6, 6.07) is 3.61. The lowest BCUT2D eigenvalue weighted by Crippen LogP contribution is -2.30. The van der Waals surface area contributed by atoms with Crippen LogP contribution >= 0.6 is 0 Å². The van der Waals surface area contributed by atoms with Crippen molar-refractivity contribution in [2.24, 2.45) is 0 Å². The molecular formula is C12H15F2NO.